The molecule has 0 amide bonds. The molecule has 4 heteroatoms. The van der Waals surface area contributed by atoms with Crippen molar-refractivity contribution in [2.75, 3.05) is 17.7 Å². The van der Waals surface area contributed by atoms with Gasteiger partial charge in [0.25, 0.3) is 0 Å². The van der Waals surface area contributed by atoms with Gasteiger partial charge in [0, 0.05) is 11.4 Å². The summed E-state index contributed by atoms with van der Waals surface area (Å²) < 4.78 is 5.55. The van der Waals surface area contributed by atoms with Crippen molar-refractivity contribution in [2.24, 2.45) is 4.99 Å². The number of thioether (sulfide) groups is 1. The molecular formula is C14H20N2OS. The van der Waals surface area contributed by atoms with E-state index in [1.54, 1.807) is 11.8 Å². The molecule has 0 radical (unpaired) electrons. The Morgan fingerprint density at radius 2 is 2.11 bits per heavy atom. The molecule has 0 aromatic heterocycles. The largest absolute Gasteiger partial charge is 0.494 e. The summed E-state index contributed by atoms with van der Waals surface area (Å²) in [6.07, 6.45) is 2.15. The van der Waals surface area contributed by atoms with Gasteiger partial charge in [-0.2, -0.15) is 0 Å². The number of ether oxygens (including phenoxy) is 1. The van der Waals surface area contributed by atoms with Gasteiger partial charge in [-0.25, -0.2) is 0 Å². The monoisotopic (exact) mass is 264 g/mol. The second-order valence-electron chi connectivity index (χ2n) is 4.31. The molecule has 3 nitrogen and oxygen atoms in total. The summed E-state index contributed by atoms with van der Waals surface area (Å²) in [5.74, 6) is 2.02. The number of anilines is 1. The van der Waals surface area contributed by atoms with Crippen LogP contribution in [0.2, 0.25) is 0 Å². The van der Waals surface area contributed by atoms with Crippen molar-refractivity contribution in [3.63, 3.8) is 0 Å². The first kappa shape index (κ1) is 13.3. The molecule has 1 N–H and O–H groups in total. The zero-order valence-corrected chi connectivity index (χ0v) is 11.8. The molecule has 1 aromatic carbocycles. The van der Waals surface area contributed by atoms with Gasteiger partial charge >= 0.3 is 0 Å². The van der Waals surface area contributed by atoms with Crippen molar-refractivity contribution in [3.05, 3.63) is 24.3 Å². The topological polar surface area (TPSA) is 33.6 Å². The maximum absolute atomic E-state index is 5.55. The summed E-state index contributed by atoms with van der Waals surface area (Å²) in [5, 5.41) is 4.38. The molecule has 1 atom stereocenters. The molecule has 0 aliphatic carbocycles. The molecule has 1 aromatic rings. The first-order chi connectivity index (χ1) is 8.81. The van der Waals surface area contributed by atoms with Gasteiger partial charge in [-0.3, -0.25) is 4.99 Å². The van der Waals surface area contributed by atoms with E-state index in [-0.39, 0.29) is 0 Å². The van der Waals surface area contributed by atoms with E-state index in [4.69, 9.17) is 4.74 Å². The minimum absolute atomic E-state index is 0.477. The van der Waals surface area contributed by atoms with Crippen LogP contribution in [0.1, 0.15) is 26.7 Å². The standard InChI is InChI=1S/C14H20N2OS/c1-3-9-17-13-7-5-12(6-8-13)16-14-15-11(4-2)10-18-14/h5-8,11H,3-4,9-10H2,1-2H3,(H,15,16). The summed E-state index contributed by atoms with van der Waals surface area (Å²) in [5.41, 5.74) is 1.07. The van der Waals surface area contributed by atoms with Gasteiger partial charge in [-0.1, -0.05) is 25.6 Å². The van der Waals surface area contributed by atoms with Crippen LogP contribution in [-0.4, -0.2) is 23.6 Å². The molecule has 0 saturated heterocycles. The molecule has 1 heterocycles. The van der Waals surface area contributed by atoms with Gasteiger partial charge < -0.3 is 10.1 Å². The van der Waals surface area contributed by atoms with Crippen LogP contribution >= 0.6 is 11.8 Å². The van der Waals surface area contributed by atoms with E-state index in [9.17, 15) is 0 Å². The minimum atomic E-state index is 0.477. The molecule has 18 heavy (non-hydrogen) atoms. The highest BCUT2D eigenvalue weighted by Gasteiger charge is 2.16. The number of amidine groups is 1. The average Bonchev–Trinajstić information content (AvgIpc) is 2.86. The van der Waals surface area contributed by atoms with Gasteiger partial charge in [0.15, 0.2) is 5.17 Å². The first-order valence-corrected chi connectivity index (χ1v) is 7.51. The van der Waals surface area contributed by atoms with Gasteiger partial charge in [0.1, 0.15) is 5.75 Å². The van der Waals surface area contributed by atoms with E-state index < -0.39 is 0 Å². The van der Waals surface area contributed by atoms with Crippen molar-refractivity contribution in [1.82, 2.24) is 0 Å². The van der Waals surface area contributed by atoms with Crippen molar-refractivity contribution < 1.29 is 4.74 Å². The van der Waals surface area contributed by atoms with Crippen LogP contribution in [0.15, 0.2) is 29.3 Å². The second kappa shape index (κ2) is 6.69. The highest BCUT2D eigenvalue weighted by atomic mass is 32.2. The molecule has 1 aliphatic rings. The second-order valence-corrected chi connectivity index (χ2v) is 5.31. The summed E-state index contributed by atoms with van der Waals surface area (Å²) in [7, 11) is 0. The van der Waals surface area contributed by atoms with Crippen molar-refractivity contribution >= 4 is 22.6 Å². The molecule has 0 spiro atoms. The third kappa shape index (κ3) is 3.67. The van der Waals surface area contributed by atoms with Gasteiger partial charge in [0.2, 0.25) is 0 Å². The summed E-state index contributed by atoms with van der Waals surface area (Å²) in [4.78, 5) is 4.61. The smallest absolute Gasteiger partial charge is 0.161 e. The summed E-state index contributed by atoms with van der Waals surface area (Å²) in [6, 6.07) is 8.54. The van der Waals surface area contributed by atoms with E-state index in [2.05, 4.69) is 24.2 Å². The molecule has 1 unspecified atom stereocenters. The lowest BCUT2D eigenvalue weighted by atomic mass is 10.3. The molecule has 1 aliphatic heterocycles. The van der Waals surface area contributed by atoms with Crippen molar-refractivity contribution in [3.8, 4) is 5.75 Å². The Bertz CT molecular complexity index is 403. The van der Waals surface area contributed by atoms with Crippen LogP contribution in [0, 0.1) is 0 Å². The van der Waals surface area contributed by atoms with Crippen LogP contribution in [0.4, 0.5) is 5.69 Å². The first-order valence-electron chi connectivity index (χ1n) is 6.52. The third-order valence-electron chi connectivity index (χ3n) is 2.76. The third-order valence-corrected chi connectivity index (χ3v) is 3.79. The number of aliphatic imine (C=N–C) groups is 1. The predicted octanol–water partition coefficient (Wildman–Crippen LogP) is 3.77. The van der Waals surface area contributed by atoms with Gasteiger partial charge in [-0.15, -0.1) is 0 Å². The van der Waals surface area contributed by atoms with Gasteiger partial charge in [-0.05, 0) is 37.1 Å². The number of nitrogens with zero attached hydrogens (tertiary/aromatic N) is 1. The molecule has 98 valence electrons. The van der Waals surface area contributed by atoms with Crippen LogP contribution in [0.5, 0.6) is 5.75 Å². The van der Waals surface area contributed by atoms with Crippen molar-refractivity contribution in [1.29, 1.82) is 0 Å². The summed E-state index contributed by atoms with van der Waals surface area (Å²) >= 11 is 1.80. The Hall–Kier alpha value is -1.16. The van der Waals surface area contributed by atoms with Crippen molar-refractivity contribution in [2.45, 2.75) is 32.7 Å². The zero-order chi connectivity index (χ0) is 12.8. The van der Waals surface area contributed by atoms with E-state index in [1.165, 1.54) is 0 Å². The van der Waals surface area contributed by atoms with Crippen LogP contribution in [0.25, 0.3) is 0 Å². The Balaban J connectivity index is 1.90. The Morgan fingerprint density at radius 1 is 1.33 bits per heavy atom. The normalized spacial score (nSPS) is 18.6. The number of benzene rings is 1. The minimum Gasteiger partial charge on any atom is -0.494 e. The van der Waals surface area contributed by atoms with Crippen LogP contribution in [0.3, 0.4) is 0 Å². The van der Waals surface area contributed by atoms with E-state index in [0.29, 0.717) is 6.04 Å². The Morgan fingerprint density at radius 3 is 2.72 bits per heavy atom. The molecule has 0 saturated carbocycles. The fourth-order valence-corrected chi connectivity index (χ4v) is 2.74. The maximum Gasteiger partial charge on any atom is 0.161 e. The lowest BCUT2D eigenvalue weighted by molar-refractivity contribution is 0.317. The average molecular weight is 264 g/mol. The molecular weight excluding hydrogens is 244 g/mol. The highest BCUT2D eigenvalue weighted by molar-refractivity contribution is 8.14. The number of rotatable bonds is 5. The SMILES string of the molecule is CCCOc1ccc(NC2=NC(CC)CS2)cc1. The number of hydrogen-bond acceptors (Lipinski definition) is 4. The highest BCUT2D eigenvalue weighted by Crippen LogP contribution is 2.23. The lowest BCUT2D eigenvalue weighted by Crippen LogP contribution is -2.05. The maximum atomic E-state index is 5.55. The Kier molecular flexibility index (Phi) is 4.93. The van der Waals surface area contributed by atoms with E-state index in [0.717, 1.165) is 41.8 Å². The molecule has 2 rings (SSSR count). The quantitative estimate of drug-likeness (QED) is 0.879. The van der Waals surface area contributed by atoms with Crippen LogP contribution < -0.4 is 10.1 Å². The van der Waals surface area contributed by atoms with Crippen LogP contribution in [-0.2, 0) is 0 Å². The Labute approximate surface area is 113 Å². The molecule has 0 fully saturated rings. The fourth-order valence-electron chi connectivity index (χ4n) is 1.67. The fraction of sp³-hybridized carbons (Fsp3) is 0.500. The lowest BCUT2D eigenvalue weighted by Gasteiger charge is -2.07. The predicted molar refractivity (Wildman–Crippen MR) is 79.8 cm³/mol. The van der Waals surface area contributed by atoms with Gasteiger partial charge in [0.05, 0.1) is 12.6 Å². The van der Waals surface area contributed by atoms with E-state index >= 15 is 0 Å². The van der Waals surface area contributed by atoms with E-state index in [1.807, 2.05) is 24.3 Å². The number of nitrogens with one attached hydrogen (secondary N) is 1. The molecule has 0 bridgehead atoms. The summed E-state index contributed by atoms with van der Waals surface area (Å²) in [6.45, 7) is 5.06. The number of hydrogen-bond donors (Lipinski definition) is 1. The zero-order valence-electron chi connectivity index (χ0n) is 11.0.